The number of aryl methyl sites for hydroxylation is 2. The number of benzene rings is 1. The predicted octanol–water partition coefficient (Wildman–Crippen LogP) is 2.79. The van der Waals surface area contributed by atoms with E-state index in [-0.39, 0.29) is 11.8 Å². The van der Waals surface area contributed by atoms with Crippen molar-refractivity contribution in [1.82, 2.24) is 0 Å². The van der Waals surface area contributed by atoms with Crippen LogP contribution >= 0.6 is 15.9 Å². The van der Waals surface area contributed by atoms with Gasteiger partial charge in [0.2, 0.25) is 0 Å². The van der Waals surface area contributed by atoms with Gasteiger partial charge < -0.3 is 10.8 Å². The van der Waals surface area contributed by atoms with Gasteiger partial charge in [0.05, 0.1) is 4.47 Å². The number of nitrogens with two attached hydrogens (primary N) is 1. The van der Waals surface area contributed by atoms with Crippen LogP contribution < -0.4 is 5.73 Å². The van der Waals surface area contributed by atoms with Crippen molar-refractivity contribution in [3.8, 4) is 5.75 Å². The van der Waals surface area contributed by atoms with Gasteiger partial charge in [-0.25, -0.2) is 0 Å². The molecule has 0 aliphatic carbocycles. The molecule has 1 aromatic carbocycles. The molecule has 13 heavy (non-hydrogen) atoms. The van der Waals surface area contributed by atoms with E-state index in [0.717, 1.165) is 21.2 Å². The number of aromatic hydroxyl groups is 1. The first-order valence-corrected chi connectivity index (χ1v) is 4.98. The van der Waals surface area contributed by atoms with Gasteiger partial charge in [-0.15, -0.1) is 0 Å². The van der Waals surface area contributed by atoms with Gasteiger partial charge in [-0.2, -0.15) is 0 Å². The zero-order chi connectivity index (χ0) is 10.2. The molecule has 0 spiro atoms. The van der Waals surface area contributed by atoms with Gasteiger partial charge in [-0.05, 0) is 47.8 Å². The molecule has 3 heteroatoms. The van der Waals surface area contributed by atoms with Crippen LogP contribution in [0.5, 0.6) is 5.75 Å². The van der Waals surface area contributed by atoms with Gasteiger partial charge in [0.25, 0.3) is 0 Å². The Kier molecular flexibility index (Phi) is 2.98. The highest BCUT2D eigenvalue weighted by molar-refractivity contribution is 9.10. The van der Waals surface area contributed by atoms with Crippen molar-refractivity contribution in [2.24, 2.45) is 5.73 Å². The van der Waals surface area contributed by atoms with Crippen molar-refractivity contribution in [1.29, 1.82) is 0 Å². The van der Waals surface area contributed by atoms with Gasteiger partial charge >= 0.3 is 0 Å². The lowest BCUT2D eigenvalue weighted by Crippen LogP contribution is -2.07. The minimum absolute atomic E-state index is 0.142. The number of phenols is 1. The summed E-state index contributed by atoms with van der Waals surface area (Å²) in [5.74, 6) is 0.271. The first kappa shape index (κ1) is 10.5. The molecule has 0 bridgehead atoms. The second-order valence-corrected chi connectivity index (χ2v) is 4.17. The smallest absolute Gasteiger partial charge is 0.135 e. The predicted molar refractivity (Wildman–Crippen MR) is 57.9 cm³/mol. The lowest BCUT2D eigenvalue weighted by atomic mass is 9.99. The number of hydrogen-bond donors (Lipinski definition) is 2. The molecule has 0 heterocycles. The molecule has 0 fully saturated rings. The monoisotopic (exact) mass is 243 g/mol. The van der Waals surface area contributed by atoms with E-state index in [9.17, 15) is 5.11 Å². The van der Waals surface area contributed by atoms with Crippen molar-refractivity contribution in [2.45, 2.75) is 26.8 Å². The number of phenolic OH excluding ortho intramolecular Hbond substituents is 1. The molecule has 0 aliphatic heterocycles. The van der Waals surface area contributed by atoms with Gasteiger partial charge in [-0.3, -0.25) is 0 Å². The molecule has 1 atom stereocenters. The Hall–Kier alpha value is -0.540. The van der Waals surface area contributed by atoms with E-state index >= 15 is 0 Å². The molecular formula is C10H14BrNO. The summed E-state index contributed by atoms with van der Waals surface area (Å²) in [5, 5.41) is 9.80. The molecule has 0 amide bonds. The van der Waals surface area contributed by atoms with Crippen molar-refractivity contribution in [3.63, 3.8) is 0 Å². The third-order valence-corrected chi connectivity index (χ3v) is 3.12. The van der Waals surface area contributed by atoms with Crippen LogP contribution in [0.3, 0.4) is 0 Å². The average molecular weight is 244 g/mol. The molecule has 0 radical (unpaired) electrons. The molecule has 1 aromatic rings. The van der Waals surface area contributed by atoms with Gasteiger partial charge in [0.1, 0.15) is 5.75 Å². The van der Waals surface area contributed by atoms with Crippen molar-refractivity contribution in [2.75, 3.05) is 0 Å². The van der Waals surface area contributed by atoms with E-state index in [4.69, 9.17) is 5.73 Å². The average Bonchev–Trinajstić information content (AvgIpc) is 1.99. The zero-order valence-electron chi connectivity index (χ0n) is 8.06. The lowest BCUT2D eigenvalue weighted by molar-refractivity contribution is 0.459. The van der Waals surface area contributed by atoms with E-state index in [1.165, 1.54) is 0 Å². The minimum Gasteiger partial charge on any atom is -0.506 e. The van der Waals surface area contributed by atoms with Crippen LogP contribution in [0.4, 0.5) is 0 Å². The Morgan fingerprint density at radius 1 is 1.38 bits per heavy atom. The Labute approximate surface area is 86.9 Å². The molecule has 2 nitrogen and oxygen atoms in total. The summed E-state index contributed by atoms with van der Waals surface area (Å²) in [4.78, 5) is 0. The van der Waals surface area contributed by atoms with Crippen molar-refractivity contribution < 1.29 is 5.11 Å². The van der Waals surface area contributed by atoms with Crippen LogP contribution in [0.25, 0.3) is 0 Å². The summed E-state index contributed by atoms with van der Waals surface area (Å²) >= 11 is 3.33. The van der Waals surface area contributed by atoms with E-state index in [2.05, 4.69) is 15.9 Å². The number of rotatable bonds is 1. The first-order valence-electron chi connectivity index (χ1n) is 4.19. The topological polar surface area (TPSA) is 46.2 Å². The molecule has 3 N–H and O–H groups in total. The summed E-state index contributed by atoms with van der Waals surface area (Å²) in [7, 11) is 0. The summed E-state index contributed by atoms with van der Waals surface area (Å²) in [6, 6.07) is 1.87. The fraction of sp³-hybridized carbons (Fsp3) is 0.400. The number of halogens is 1. The standard InChI is InChI=1S/C10H14BrNO/c1-5-4-6(2)9(11)10(13)8(5)7(3)12/h4,7,13H,12H2,1-3H3. The molecular weight excluding hydrogens is 230 g/mol. The normalized spacial score (nSPS) is 13.0. The van der Waals surface area contributed by atoms with Gasteiger partial charge in [0, 0.05) is 11.6 Å². The fourth-order valence-electron chi connectivity index (χ4n) is 1.53. The highest BCUT2D eigenvalue weighted by Gasteiger charge is 2.14. The third-order valence-electron chi connectivity index (χ3n) is 2.12. The third kappa shape index (κ3) is 1.86. The van der Waals surface area contributed by atoms with Gasteiger partial charge in [0.15, 0.2) is 0 Å². The lowest BCUT2D eigenvalue weighted by Gasteiger charge is -2.14. The highest BCUT2D eigenvalue weighted by Crippen LogP contribution is 2.36. The summed E-state index contributed by atoms with van der Waals surface area (Å²) in [6.45, 7) is 5.77. The van der Waals surface area contributed by atoms with E-state index in [1.807, 2.05) is 26.8 Å². The maximum Gasteiger partial charge on any atom is 0.135 e. The quantitative estimate of drug-likeness (QED) is 0.797. The van der Waals surface area contributed by atoms with E-state index < -0.39 is 0 Å². The largest absolute Gasteiger partial charge is 0.506 e. The van der Waals surface area contributed by atoms with Crippen LogP contribution in [0.1, 0.15) is 29.7 Å². The fourth-order valence-corrected chi connectivity index (χ4v) is 1.86. The molecule has 0 aromatic heterocycles. The minimum atomic E-state index is -0.142. The molecule has 1 rings (SSSR count). The van der Waals surface area contributed by atoms with Crippen LogP contribution in [0.15, 0.2) is 10.5 Å². The van der Waals surface area contributed by atoms with Crippen LogP contribution in [0, 0.1) is 13.8 Å². The zero-order valence-corrected chi connectivity index (χ0v) is 9.64. The molecule has 0 saturated heterocycles. The van der Waals surface area contributed by atoms with E-state index in [0.29, 0.717) is 0 Å². The maximum atomic E-state index is 9.80. The highest BCUT2D eigenvalue weighted by atomic mass is 79.9. The van der Waals surface area contributed by atoms with Crippen LogP contribution in [-0.2, 0) is 0 Å². The maximum absolute atomic E-state index is 9.80. The van der Waals surface area contributed by atoms with Crippen molar-refractivity contribution in [3.05, 3.63) is 27.2 Å². The Balaban J connectivity index is 3.44. The number of hydrogen-bond acceptors (Lipinski definition) is 2. The van der Waals surface area contributed by atoms with Gasteiger partial charge in [-0.1, -0.05) is 6.07 Å². The Morgan fingerprint density at radius 3 is 2.38 bits per heavy atom. The first-order chi connectivity index (χ1) is 5.95. The second kappa shape index (κ2) is 3.68. The SMILES string of the molecule is Cc1cc(C)c(C(C)N)c(O)c1Br. The molecule has 1 unspecified atom stereocenters. The summed E-state index contributed by atoms with van der Waals surface area (Å²) in [5.41, 5.74) is 8.63. The molecule has 0 saturated carbocycles. The summed E-state index contributed by atoms with van der Waals surface area (Å²) < 4.78 is 0.741. The summed E-state index contributed by atoms with van der Waals surface area (Å²) in [6.07, 6.45) is 0. The van der Waals surface area contributed by atoms with Crippen LogP contribution in [0.2, 0.25) is 0 Å². The van der Waals surface area contributed by atoms with Crippen molar-refractivity contribution >= 4 is 15.9 Å². The molecule has 72 valence electrons. The Morgan fingerprint density at radius 2 is 1.92 bits per heavy atom. The van der Waals surface area contributed by atoms with Crippen LogP contribution in [-0.4, -0.2) is 5.11 Å². The second-order valence-electron chi connectivity index (χ2n) is 3.38. The Bertz CT molecular complexity index is 334. The van der Waals surface area contributed by atoms with E-state index in [1.54, 1.807) is 0 Å². The molecule has 0 aliphatic rings.